The van der Waals surface area contributed by atoms with E-state index in [1.165, 1.54) is 6.20 Å². The summed E-state index contributed by atoms with van der Waals surface area (Å²) in [6.45, 7) is 3.89. The molecule has 0 unspecified atom stereocenters. The van der Waals surface area contributed by atoms with Crippen molar-refractivity contribution in [3.05, 3.63) is 23.9 Å². The average molecular weight is 113 g/mol. The van der Waals surface area contributed by atoms with Crippen LogP contribution in [0.1, 0.15) is 13.8 Å². The van der Waals surface area contributed by atoms with E-state index in [-0.39, 0.29) is 0 Å². The number of rotatable bonds is 2. The maximum absolute atomic E-state index is 8.05. The molecule has 0 aromatic rings. The third-order valence-corrected chi connectivity index (χ3v) is 0.876. The summed E-state index contributed by atoms with van der Waals surface area (Å²) in [5.74, 6) is 0. The Morgan fingerprint density at radius 2 is 2.25 bits per heavy atom. The summed E-state index contributed by atoms with van der Waals surface area (Å²) in [5, 5.41) is 8.05. The minimum Gasteiger partial charge on any atom is -0.292 e. The molecule has 0 aliphatic carbocycles. The van der Waals surface area contributed by atoms with Gasteiger partial charge in [-0.15, -0.1) is 0 Å². The topological polar surface area (TPSA) is 32.3 Å². The van der Waals surface area contributed by atoms with E-state index in [1.54, 1.807) is 6.08 Å². The SMILES string of the molecule is C/C=C(C)\C=C/NO. The van der Waals surface area contributed by atoms with Crippen LogP contribution in [0, 0.1) is 0 Å². The summed E-state index contributed by atoms with van der Waals surface area (Å²) >= 11 is 0. The molecule has 0 saturated heterocycles. The largest absolute Gasteiger partial charge is 0.292 e. The summed E-state index contributed by atoms with van der Waals surface area (Å²) in [6.07, 6.45) is 5.20. The monoisotopic (exact) mass is 113 g/mol. The van der Waals surface area contributed by atoms with Crippen molar-refractivity contribution < 1.29 is 5.21 Å². The lowest BCUT2D eigenvalue weighted by atomic mass is 10.3. The summed E-state index contributed by atoms with van der Waals surface area (Å²) < 4.78 is 0. The van der Waals surface area contributed by atoms with Gasteiger partial charge in [-0.25, -0.2) is 0 Å². The zero-order chi connectivity index (χ0) is 6.41. The highest BCUT2D eigenvalue weighted by Crippen LogP contribution is 1.90. The van der Waals surface area contributed by atoms with Gasteiger partial charge >= 0.3 is 0 Å². The van der Waals surface area contributed by atoms with Gasteiger partial charge in [0.05, 0.1) is 0 Å². The van der Waals surface area contributed by atoms with E-state index in [1.807, 2.05) is 25.4 Å². The van der Waals surface area contributed by atoms with Gasteiger partial charge in [0.1, 0.15) is 0 Å². The molecule has 0 rings (SSSR count). The smallest absolute Gasteiger partial charge is 0.0242 e. The Hall–Kier alpha value is -0.760. The Morgan fingerprint density at radius 1 is 1.62 bits per heavy atom. The molecule has 8 heavy (non-hydrogen) atoms. The molecule has 0 atom stereocenters. The lowest BCUT2D eigenvalue weighted by Gasteiger charge is -1.85. The van der Waals surface area contributed by atoms with Crippen molar-refractivity contribution >= 4 is 0 Å². The number of hydrogen-bond donors (Lipinski definition) is 2. The van der Waals surface area contributed by atoms with Gasteiger partial charge in [0.2, 0.25) is 0 Å². The summed E-state index contributed by atoms with van der Waals surface area (Å²) in [7, 11) is 0. The van der Waals surface area contributed by atoms with E-state index < -0.39 is 0 Å². The van der Waals surface area contributed by atoms with E-state index in [2.05, 4.69) is 0 Å². The van der Waals surface area contributed by atoms with Crippen LogP contribution in [0.5, 0.6) is 0 Å². The van der Waals surface area contributed by atoms with E-state index in [4.69, 9.17) is 5.21 Å². The van der Waals surface area contributed by atoms with E-state index in [0.29, 0.717) is 0 Å². The van der Waals surface area contributed by atoms with Crippen LogP contribution in [0.15, 0.2) is 23.9 Å². The Bertz CT molecular complexity index is 105. The standard InChI is InChI=1S/C6H11NO/c1-3-6(2)4-5-7-8/h3-5,7-8H,1-2H3/b5-4-,6-3-. The molecule has 0 fully saturated rings. The second-order valence-electron chi connectivity index (χ2n) is 1.50. The Kier molecular flexibility index (Phi) is 3.98. The van der Waals surface area contributed by atoms with Gasteiger partial charge < -0.3 is 0 Å². The maximum Gasteiger partial charge on any atom is 0.0242 e. The van der Waals surface area contributed by atoms with Crippen molar-refractivity contribution in [1.29, 1.82) is 0 Å². The summed E-state index contributed by atoms with van der Waals surface area (Å²) in [6, 6.07) is 0. The van der Waals surface area contributed by atoms with Gasteiger partial charge in [-0.2, -0.15) is 0 Å². The first-order chi connectivity index (χ1) is 3.81. The van der Waals surface area contributed by atoms with E-state index in [9.17, 15) is 0 Å². The van der Waals surface area contributed by atoms with Crippen LogP contribution in [0.3, 0.4) is 0 Å². The minimum atomic E-state index is 1.12. The van der Waals surface area contributed by atoms with Gasteiger partial charge in [0, 0.05) is 6.20 Å². The molecule has 2 heteroatoms. The van der Waals surface area contributed by atoms with Gasteiger partial charge in [-0.3, -0.25) is 10.7 Å². The molecule has 0 saturated carbocycles. The lowest BCUT2D eigenvalue weighted by molar-refractivity contribution is 0.214. The fraction of sp³-hybridized carbons (Fsp3) is 0.333. The highest BCUT2D eigenvalue weighted by molar-refractivity contribution is 5.13. The molecule has 0 aromatic carbocycles. The van der Waals surface area contributed by atoms with Crippen LogP contribution in [0.25, 0.3) is 0 Å². The van der Waals surface area contributed by atoms with Gasteiger partial charge in [0.15, 0.2) is 0 Å². The zero-order valence-corrected chi connectivity index (χ0v) is 5.18. The summed E-state index contributed by atoms with van der Waals surface area (Å²) in [5.41, 5.74) is 3.03. The first-order valence-electron chi connectivity index (χ1n) is 2.50. The van der Waals surface area contributed by atoms with Gasteiger partial charge in [0.25, 0.3) is 0 Å². The molecule has 0 aliphatic rings. The first kappa shape index (κ1) is 7.24. The molecule has 0 aromatic heterocycles. The molecule has 0 heterocycles. The highest BCUT2D eigenvalue weighted by Gasteiger charge is 1.72. The predicted molar refractivity (Wildman–Crippen MR) is 33.5 cm³/mol. The second-order valence-corrected chi connectivity index (χ2v) is 1.50. The normalized spacial score (nSPS) is 12.6. The zero-order valence-electron chi connectivity index (χ0n) is 5.18. The molecule has 0 bridgehead atoms. The van der Waals surface area contributed by atoms with Crippen molar-refractivity contribution in [2.45, 2.75) is 13.8 Å². The van der Waals surface area contributed by atoms with Crippen molar-refractivity contribution in [2.75, 3.05) is 0 Å². The van der Waals surface area contributed by atoms with Crippen molar-refractivity contribution in [1.82, 2.24) is 5.48 Å². The number of allylic oxidation sites excluding steroid dienone is 3. The number of hydrogen-bond acceptors (Lipinski definition) is 2. The van der Waals surface area contributed by atoms with E-state index >= 15 is 0 Å². The Labute approximate surface area is 49.5 Å². The molecule has 0 spiro atoms. The van der Waals surface area contributed by atoms with Crippen LogP contribution in [-0.2, 0) is 0 Å². The van der Waals surface area contributed by atoms with E-state index in [0.717, 1.165) is 5.57 Å². The van der Waals surface area contributed by atoms with Gasteiger partial charge in [-0.1, -0.05) is 11.6 Å². The Balaban J connectivity index is 3.53. The van der Waals surface area contributed by atoms with Crippen LogP contribution in [-0.4, -0.2) is 5.21 Å². The molecule has 2 N–H and O–H groups in total. The third kappa shape index (κ3) is 3.43. The predicted octanol–water partition coefficient (Wildman–Crippen LogP) is 1.45. The maximum atomic E-state index is 8.05. The van der Waals surface area contributed by atoms with Crippen LogP contribution < -0.4 is 5.48 Å². The highest BCUT2D eigenvalue weighted by atomic mass is 16.5. The fourth-order valence-electron chi connectivity index (χ4n) is 0.265. The van der Waals surface area contributed by atoms with Crippen LogP contribution in [0.4, 0.5) is 0 Å². The van der Waals surface area contributed by atoms with Crippen molar-refractivity contribution in [3.8, 4) is 0 Å². The molecular weight excluding hydrogens is 102 g/mol. The second kappa shape index (κ2) is 4.40. The van der Waals surface area contributed by atoms with Crippen molar-refractivity contribution in [2.24, 2.45) is 0 Å². The van der Waals surface area contributed by atoms with Crippen LogP contribution in [0.2, 0.25) is 0 Å². The molecule has 0 aliphatic heterocycles. The molecule has 2 nitrogen and oxygen atoms in total. The molecule has 0 radical (unpaired) electrons. The van der Waals surface area contributed by atoms with Gasteiger partial charge in [-0.05, 0) is 19.9 Å². The minimum absolute atomic E-state index is 1.12. The quantitative estimate of drug-likeness (QED) is 0.419. The lowest BCUT2D eigenvalue weighted by Crippen LogP contribution is -1.92. The Morgan fingerprint density at radius 3 is 2.62 bits per heavy atom. The number of hydroxylamine groups is 1. The molecular formula is C6H11NO. The molecule has 0 amide bonds. The van der Waals surface area contributed by atoms with Crippen LogP contribution >= 0.6 is 0 Å². The fourth-order valence-corrected chi connectivity index (χ4v) is 0.265. The average Bonchev–Trinajstić information content (AvgIpc) is 1.83. The summed E-state index contributed by atoms with van der Waals surface area (Å²) in [4.78, 5) is 0. The number of nitrogens with one attached hydrogen (secondary N) is 1. The van der Waals surface area contributed by atoms with Crippen molar-refractivity contribution in [3.63, 3.8) is 0 Å². The molecule has 46 valence electrons. The first-order valence-corrected chi connectivity index (χ1v) is 2.50. The third-order valence-electron chi connectivity index (χ3n) is 0.876.